The van der Waals surface area contributed by atoms with E-state index in [0.717, 1.165) is 4.90 Å². The molecule has 0 saturated carbocycles. The van der Waals surface area contributed by atoms with Gasteiger partial charge in [0.15, 0.2) is 18.1 Å². The SMILES string of the molecule is NC(=O)COc1ccccc1/C=C1/SC(=O)N(CC(=O)Nc2ccc3c(c2)OCO3)C1=O. The number of para-hydroxylation sites is 1. The lowest BCUT2D eigenvalue weighted by molar-refractivity contribution is -0.127. The molecule has 3 N–H and O–H groups in total. The Kier molecular flexibility index (Phi) is 5.99. The third kappa shape index (κ3) is 4.67. The summed E-state index contributed by atoms with van der Waals surface area (Å²) in [6, 6.07) is 11.6. The summed E-state index contributed by atoms with van der Waals surface area (Å²) >= 11 is 0.709. The van der Waals surface area contributed by atoms with Crippen LogP contribution in [0.1, 0.15) is 5.56 Å². The average molecular weight is 455 g/mol. The van der Waals surface area contributed by atoms with Crippen LogP contribution in [-0.2, 0) is 14.4 Å². The molecule has 32 heavy (non-hydrogen) atoms. The van der Waals surface area contributed by atoms with Crippen molar-refractivity contribution in [2.75, 3.05) is 25.3 Å². The van der Waals surface area contributed by atoms with E-state index >= 15 is 0 Å². The quantitative estimate of drug-likeness (QED) is 0.605. The van der Waals surface area contributed by atoms with Crippen LogP contribution in [0.25, 0.3) is 6.08 Å². The molecule has 0 unspecified atom stereocenters. The molecular weight excluding hydrogens is 438 g/mol. The number of primary amides is 1. The first-order chi connectivity index (χ1) is 15.4. The summed E-state index contributed by atoms with van der Waals surface area (Å²) in [6.45, 7) is -0.671. The molecule has 164 valence electrons. The normalized spacial score (nSPS) is 15.9. The van der Waals surface area contributed by atoms with E-state index in [1.54, 1.807) is 42.5 Å². The molecule has 2 aliphatic heterocycles. The van der Waals surface area contributed by atoms with E-state index in [2.05, 4.69) is 5.32 Å². The lowest BCUT2D eigenvalue weighted by Crippen LogP contribution is -2.36. The van der Waals surface area contributed by atoms with Crippen LogP contribution in [0.5, 0.6) is 17.2 Å². The zero-order chi connectivity index (χ0) is 22.7. The van der Waals surface area contributed by atoms with Crippen molar-refractivity contribution in [3.63, 3.8) is 0 Å². The smallest absolute Gasteiger partial charge is 0.294 e. The molecular formula is C21H17N3O7S. The molecule has 2 aliphatic rings. The van der Waals surface area contributed by atoms with Gasteiger partial charge in [0.05, 0.1) is 4.91 Å². The summed E-state index contributed by atoms with van der Waals surface area (Å²) in [4.78, 5) is 49.4. The Morgan fingerprint density at radius 1 is 1.16 bits per heavy atom. The molecule has 0 radical (unpaired) electrons. The Morgan fingerprint density at radius 2 is 1.94 bits per heavy atom. The largest absolute Gasteiger partial charge is 0.483 e. The van der Waals surface area contributed by atoms with Crippen molar-refractivity contribution < 1.29 is 33.4 Å². The minimum atomic E-state index is -0.645. The topological polar surface area (TPSA) is 137 Å². The van der Waals surface area contributed by atoms with Gasteiger partial charge in [0.2, 0.25) is 12.7 Å². The van der Waals surface area contributed by atoms with Gasteiger partial charge in [-0.05, 0) is 36.0 Å². The van der Waals surface area contributed by atoms with Crippen LogP contribution in [0.15, 0.2) is 47.4 Å². The van der Waals surface area contributed by atoms with Crippen LogP contribution in [0.3, 0.4) is 0 Å². The number of anilines is 1. The molecule has 2 heterocycles. The molecule has 0 spiro atoms. The monoisotopic (exact) mass is 455 g/mol. The van der Waals surface area contributed by atoms with Crippen LogP contribution in [-0.4, -0.2) is 47.8 Å². The number of nitrogens with one attached hydrogen (secondary N) is 1. The highest BCUT2D eigenvalue weighted by Gasteiger charge is 2.36. The number of rotatable bonds is 7. The van der Waals surface area contributed by atoms with E-state index in [-0.39, 0.29) is 18.3 Å². The van der Waals surface area contributed by atoms with E-state index in [0.29, 0.717) is 40.3 Å². The number of imide groups is 1. The lowest BCUT2D eigenvalue weighted by atomic mass is 10.2. The maximum Gasteiger partial charge on any atom is 0.294 e. The summed E-state index contributed by atoms with van der Waals surface area (Å²) in [5.41, 5.74) is 6.04. The molecule has 0 atom stereocenters. The molecule has 1 fully saturated rings. The van der Waals surface area contributed by atoms with Gasteiger partial charge < -0.3 is 25.3 Å². The lowest BCUT2D eigenvalue weighted by Gasteiger charge is -2.12. The van der Waals surface area contributed by atoms with Gasteiger partial charge in [0.1, 0.15) is 12.3 Å². The number of ether oxygens (including phenoxy) is 3. The molecule has 11 heteroatoms. The fourth-order valence-corrected chi connectivity index (χ4v) is 3.81. The molecule has 4 amide bonds. The highest BCUT2D eigenvalue weighted by molar-refractivity contribution is 8.18. The summed E-state index contributed by atoms with van der Waals surface area (Å²) in [5, 5.41) is 2.06. The minimum Gasteiger partial charge on any atom is -0.483 e. The van der Waals surface area contributed by atoms with Crippen molar-refractivity contribution in [2.24, 2.45) is 5.73 Å². The van der Waals surface area contributed by atoms with Gasteiger partial charge in [-0.2, -0.15) is 0 Å². The molecule has 0 bridgehead atoms. The first kappa shape index (κ1) is 21.2. The van der Waals surface area contributed by atoms with Crippen LogP contribution in [0, 0.1) is 0 Å². The minimum absolute atomic E-state index is 0.104. The molecule has 0 aliphatic carbocycles. The van der Waals surface area contributed by atoms with Gasteiger partial charge in [0.25, 0.3) is 17.1 Å². The molecule has 2 aromatic carbocycles. The van der Waals surface area contributed by atoms with Crippen molar-refractivity contribution in [3.8, 4) is 17.2 Å². The van der Waals surface area contributed by atoms with E-state index in [1.807, 2.05) is 0 Å². The number of nitrogens with two attached hydrogens (primary N) is 1. The Balaban J connectivity index is 1.44. The number of thioether (sulfide) groups is 1. The summed E-state index contributed by atoms with van der Waals surface area (Å²) < 4.78 is 15.8. The second-order valence-corrected chi connectivity index (χ2v) is 7.67. The van der Waals surface area contributed by atoms with Gasteiger partial charge in [-0.1, -0.05) is 18.2 Å². The van der Waals surface area contributed by atoms with E-state index in [9.17, 15) is 19.2 Å². The highest BCUT2D eigenvalue weighted by atomic mass is 32.2. The molecule has 4 rings (SSSR count). The maximum atomic E-state index is 12.7. The van der Waals surface area contributed by atoms with Crippen LogP contribution in [0.4, 0.5) is 10.5 Å². The predicted molar refractivity (Wildman–Crippen MR) is 115 cm³/mol. The first-order valence-electron chi connectivity index (χ1n) is 9.36. The van der Waals surface area contributed by atoms with Crippen molar-refractivity contribution in [3.05, 3.63) is 52.9 Å². The number of fused-ring (bicyclic) bond motifs is 1. The standard InChI is InChI=1S/C21H17N3O7S/c22-18(25)10-29-14-4-2-1-3-12(14)7-17-20(27)24(21(28)32-17)9-19(26)23-13-5-6-15-16(8-13)31-11-30-15/h1-8H,9-11H2,(H2,22,25)(H,23,26)/b17-7+. The van der Waals surface area contributed by atoms with Gasteiger partial charge in [-0.25, -0.2) is 0 Å². The van der Waals surface area contributed by atoms with Crippen LogP contribution < -0.4 is 25.3 Å². The van der Waals surface area contributed by atoms with Crippen molar-refractivity contribution in [1.29, 1.82) is 0 Å². The van der Waals surface area contributed by atoms with E-state index in [4.69, 9.17) is 19.9 Å². The third-order valence-corrected chi connectivity index (χ3v) is 5.31. The maximum absolute atomic E-state index is 12.7. The van der Waals surface area contributed by atoms with Crippen molar-refractivity contribution in [1.82, 2.24) is 4.90 Å². The van der Waals surface area contributed by atoms with E-state index < -0.39 is 29.5 Å². The van der Waals surface area contributed by atoms with Gasteiger partial charge in [0, 0.05) is 17.3 Å². The molecule has 2 aromatic rings. The van der Waals surface area contributed by atoms with E-state index in [1.165, 1.54) is 6.08 Å². The fraction of sp³-hybridized carbons (Fsp3) is 0.143. The number of carbonyl (C=O) groups excluding carboxylic acids is 4. The molecule has 0 aromatic heterocycles. The zero-order valence-corrected chi connectivity index (χ0v) is 17.3. The van der Waals surface area contributed by atoms with Gasteiger partial charge in [-0.15, -0.1) is 0 Å². The number of benzene rings is 2. The number of nitrogens with zero attached hydrogens (tertiary/aromatic N) is 1. The summed E-state index contributed by atoms with van der Waals surface area (Å²) in [6.07, 6.45) is 1.47. The Bertz CT molecular complexity index is 1150. The number of hydrogen-bond donors (Lipinski definition) is 2. The first-order valence-corrected chi connectivity index (χ1v) is 10.2. The fourth-order valence-electron chi connectivity index (χ4n) is 2.98. The van der Waals surface area contributed by atoms with Crippen LogP contribution >= 0.6 is 11.8 Å². The summed E-state index contributed by atoms with van der Waals surface area (Å²) in [5.74, 6) is -0.399. The third-order valence-electron chi connectivity index (χ3n) is 4.41. The van der Waals surface area contributed by atoms with Gasteiger partial charge >= 0.3 is 0 Å². The molecule has 10 nitrogen and oxygen atoms in total. The average Bonchev–Trinajstić information content (AvgIpc) is 3.32. The Labute approximate surface area is 186 Å². The molecule has 1 saturated heterocycles. The number of amides is 4. The van der Waals surface area contributed by atoms with Gasteiger partial charge in [-0.3, -0.25) is 24.1 Å². The number of hydrogen-bond acceptors (Lipinski definition) is 8. The number of carbonyl (C=O) groups is 4. The second kappa shape index (κ2) is 9.02. The zero-order valence-electron chi connectivity index (χ0n) is 16.5. The van der Waals surface area contributed by atoms with Crippen molar-refractivity contribution in [2.45, 2.75) is 0 Å². The Hall–Kier alpha value is -3.99. The summed E-state index contributed by atoms with van der Waals surface area (Å²) in [7, 11) is 0. The Morgan fingerprint density at radius 3 is 2.75 bits per heavy atom. The predicted octanol–water partition coefficient (Wildman–Crippen LogP) is 1.95. The highest BCUT2D eigenvalue weighted by Crippen LogP contribution is 2.35. The van der Waals surface area contributed by atoms with Crippen LogP contribution in [0.2, 0.25) is 0 Å². The van der Waals surface area contributed by atoms with Crippen molar-refractivity contribution >= 4 is 46.5 Å². The second-order valence-electron chi connectivity index (χ2n) is 6.68.